The van der Waals surface area contributed by atoms with Gasteiger partial charge in [-0.3, -0.25) is 4.79 Å². The van der Waals surface area contributed by atoms with Gasteiger partial charge in [-0.1, -0.05) is 23.7 Å². The van der Waals surface area contributed by atoms with Gasteiger partial charge in [-0.25, -0.2) is 0 Å². The van der Waals surface area contributed by atoms with Crippen molar-refractivity contribution in [1.82, 2.24) is 0 Å². The minimum absolute atomic E-state index is 0.141. The monoisotopic (exact) mass is 278 g/mol. The third-order valence-corrected chi connectivity index (χ3v) is 4.55. The molecule has 1 aromatic heterocycles. The number of benzene rings is 1. The molecule has 0 spiro atoms. The van der Waals surface area contributed by atoms with Crippen LogP contribution in [0.1, 0.15) is 31.2 Å². The highest BCUT2D eigenvalue weighted by molar-refractivity contribution is 7.14. The molecule has 0 aliphatic rings. The lowest BCUT2D eigenvalue weighted by Crippen LogP contribution is -2.01. The average Bonchev–Trinajstić information content (AvgIpc) is 2.63. The second kappa shape index (κ2) is 5.25. The third-order valence-electron chi connectivity index (χ3n) is 3.00. The van der Waals surface area contributed by atoms with E-state index in [4.69, 9.17) is 11.6 Å². The molecule has 0 radical (unpaired) electrons. The number of rotatable bonds is 3. The molecule has 0 N–H and O–H groups in total. The largest absolute Gasteiger partial charge is 0.293 e. The first-order valence-corrected chi connectivity index (χ1v) is 7.02. The molecule has 0 atom stereocenters. The summed E-state index contributed by atoms with van der Waals surface area (Å²) in [7, 11) is 0. The molecule has 1 nitrogen and oxygen atoms in total. The number of carbonyl (C=O) groups excluding carboxylic acids is 1. The topological polar surface area (TPSA) is 17.1 Å². The molecule has 0 saturated heterocycles. The summed E-state index contributed by atoms with van der Waals surface area (Å²) in [6, 6.07) is 7.78. The van der Waals surface area contributed by atoms with Gasteiger partial charge in [-0.05, 0) is 49.6 Å². The minimum atomic E-state index is 0.141. The minimum Gasteiger partial charge on any atom is -0.293 e. The third kappa shape index (κ3) is 2.82. The summed E-state index contributed by atoms with van der Waals surface area (Å²) in [6.45, 7) is 6.06. The van der Waals surface area contributed by atoms with Gasteiger partial charge < -0.3 is 0 Å². The molecule has 0 aliphatic carbocycles. The molecule has 0 aliphatic heterocycles. The Labute approximate surface area is 116 Å². The lowest BCUT2D eigenvalue weighted by Gasteiger charge is -2.03. The maximum atomic E-state index is 12.2. The highest BCUT2D eigenvalue weighted by atomic mass is 35.5. The van der Waals surface area contributed by atoms with Crippen LogP contribution in [0.5, 0.6) is 0 Å². The Kier molecular flexibility index (Phi) is 3.88. The molecule has 1 heterocycles. The van der Waals surface area contributed by atoms with Crippen LogP contribution >= 0.6 is 22.9 Å². The summed E-state index contributed by atoms with van der Waals surface area (Å²) in [5.74, 6) is 0.141. The van der Waals surface area contributed by atoms with Crippen molar-refractivity contribution in [2.24, 2.45) is 0 Å². The van der Waals surface area contributed by atoms with Crippen molar-refractivity contribution in [2.45, 2.75) is 27.2 Å². The quantitative estimate of drug-likeness (QED) is 0.740. The maximum Gasteiger partial charge on any atom is 0.177 e. The van der Waals surface area contributed by atoms with Crippen LogP contribution in [0, 0.1) is 20.8 Å². The zero-order valence-corrected chi connectivity index (χ0v) is 12.3. The number of aryl methyl sites for hydroxylation is 3. The van der Waals surface area contributed by atoms with Crippen molar-refractivity contribution in [3.05, 3.63) is 55.7 Å². The van der Waals surface area contributed by atoms with Gasteiger partial charge in [0.25, 0.3) is 0 Å². The number of thiophene rings is 1. The predicted octanol–water partition coefficient (Wildman–Crippen LogP) is 4.75. The van der Waals surface area contributed by atoms with E-state index in [-0.39, 0.29) is 5.78 Å². The highest BCUT2D eigenvalue weighted by Crippen LogP contribution is 2.24. The Bertz CT molecular complexity index is 579. The van der Waals surface area contributed by atoms with Crippen molar-refractivity contribution in [1.29, 1.82) is 0 Å². The lowest BCUT2D eigenvalue weighted by molar-refractivity contribution is 0.0997. The van der Waals surface area contributed by atoms with Gasteiger partial charge in [0.05, 0.1) is 4.88 Å². The fourth-order valence-corrected chi connectivity index (χ4v) is 3.04. The zero-order chi connectivity index (χ0) is 13.3. The highest BCUT2D eigenvalue weighted by Gasteiger charge is 2.13. The molecule has 0 bridgehead atoms. The summed E-state index contributed by atoms with van der Waals surface area (Å²) < 4.78 is 0. The molecule has 94 valence electrons. The standard InChI is InChI=1S/C15H15ClOS/c1-9-4-5-12(13(16)6-9)8-14(17)15-7-10(2)11(3)18-15/h4-7H,8H2,1-3H3. The summed E-state index contributed by atoms with van der Waals surface area (Å²) in [4.78, 5) is 14.2. The number of carbonyl (C=O) groups is 1. The SMILES string of the molecule is Cc1ccc(CC(=O)c2cc(C)c(C)s2)c(Cl)c1. The Balaban J connectivity index is 2.21. The Hall–Kier alpha value is -1.12. The van der Waals surface area contributed by atoms with Crippen LogP contribution in [-0.4, -0.2) is 5.78 Å². The van der Waals surface area contributed by atoms with Crippen LogP contribution in [0.4, 0.5) is 0 Å². The average molecular weight is 279 g/mol. The van der Waals surface area contributed by atoms with Gasteiger partial charge >= 0.3 is 0 Å². The van der Waals surface area contributed by atoms with Gasteiger partial charge in [-0.2, -0.15) is 0 Å². The van der Waals surface area contributed by atoms with Gasteiger partial charge in [0.15, 0.2) is 5.78 Å². The normalized spacial score (nSPS) is 10.7. The number of Topliss-reactive ketones (excluding diaryl/α,β-unsaturated/α-hetero) is 1. The Morgan fingerprint density at radius 3 is 2.50 bits per heavy atom. The first-order chi connectivity index (χ1) is 8.47. The second-order valence-electron chi connectivity index (χ2n) is 4.54. The second-order valence-corrected chi connectivity index (χ2v) is 6.21. The molecule has 0 amide bonds. The van der Waals surface area contributed by atoms with Crippen molar-refractivity contribution in [3.8, 4) is 0 Å². The van der Waals surface area contributed by atoms with E-state index in [1.54, 1.807) is 11.3 Å². The first kappa shape index (κ1) is 13.3. The van der Waals surface area contributed by atoms with E-state index < -0.39 is 0 Å². The maximum absolute atomic E-state index is 12.2. The van der Waals surface area contributed by atoms with E-state index in [1.165, 1.54) is 10.4 Å². The molecule has 3 heteroatoms. The number of hydrogen-bond donors (Lipinski definition) is 0. The van der Waals surface area contributed by atoms with E-state index in [0.717, 1.165) is 16.0 Å². The van der Waals surface area contributed by atoms with Gasteiger partial charge in [-0.15, -0.1) is 11.3 Å². The van der Waals surface area contributed by atoms with Crippen LogP contribution in [0.3, 0.4) is 0 Å². The molecule has 2 aromatic rings. The zero-order valence-electron chi connectivity index (χ0n) is 10.7. The predicted molar refractivity (Wildman–Crippen MR) is 78.0 cm³/mol. The summed E-state index contributed by atoms with van der Waals surface area (Å²) in [5, 5.41) is 0.674. The number of ketones is 1. The number of hydrogen-bond acceptors (Lipinski definition) is 2. The van der Waals surface area contributed by atoms with Gasteiger partial charge in [0.2, 0.25) is 0 Å². The molecule has 2 rings (SSSR count). The Morgan fingerprint density at radius 2 is 1.94 bits per heavy atom. The summed E-state index contributed by atoms with van der Waals surface area (Å²) in [6.07, 6.45) is 0.374. The van der Waals surface area contributed by atoms with E-state index in [2.05, 4.69) is 0 Å². The number of halogens is 1. The van der Waals surface area contributed by atoms with Gasteiger partial charge in [0, 0.05) is 16.3 Å². The molecular weight excluding hydrogens is 264 g/mol. The molecule has 18 heavy (non-hydrogen) atoms. The molecule has 0 unspecified atom stereocenters. The fourth-order valence-electron chi connectivity index (χ4n) is 1.77. The van der Waals surface area contributed by atoms with Crippen molar-refractivity contribution >= 4 is 28.7 Å². The van der Waals surface area contributed by atoms with Crippen molar-refractivity contribution in [3.63, 3.8) is 0 Å². The van der Waals surface area contributed by atoms with E-state index in [9.17, 15) is 4.79 Å². The Morgan fingerprint density at radius 1 is 1.22 bits per heavy atom. The lowest BCUT2D eigenvalue weighted by atomic mass is 10.1. The molecule has 0 fully saturated rings. The van der Waals surface area contributed by atoms with Crippen LogP contribution in [0.2, 0.25) is 5.02 Å². The van der Waals surface area contributed by atoms with Crippen LogP contribution in [-0.2, 0) is 6.42 Å². The molecular formula is C15H15ClOS. The van der Waals surface area contributed by atoms with Crippen molar-refractivity contribution < 1.29 is 4.79 Å². The first-order valence-electron chi connectivity index (χ1n) is 5.82. The van der Waals surface area contributed by atoms with Crippen LogP contribution in [0.25, 0.3) is 0 Å². The summed E-state index contributed by atoms with van der Waals surface area (Å²) >= 11 is 7.71. The molecule has 1 aromatic carbocycles. The van der Waals surface area contributed by atoms with Gasteiger partial charge in [0.1, 0.15) is 0 Å². The van der Waals surface area contributed by atoms with E-state index in [1.807, 2.05) is 45.0 Å². The van der Waals surface area contributed by atoms with Crippen LogP contribution < -0.4 is 0 Å². The fraction of sp³-hybridized carbons (Fsp3) is 0.267. The van der Waals surface area contributed by atoms with E-state index in [0.29, 0.717) is 11.4 Å². The van der Waals surface area contributed by atoms with Crippen LogP contribution in [0.15, 0.2) is 24.3 Å². The van der Waals surface area contributed by atoms with Crippen molar-refractivity contribution in [2.75, 3.05) is 0 Å². The smallest absolute Gasteiger partial charge is 0.177 e. The van der Waals surface area contributed by atoms with E-state index >= 15 is 0 Å². The molecule has 0 saturated carbocycles. The summed E-state index contributed by atoms with van der Waals surface area (Å²) in [5.41, 5.74) is 3.19.